The minimum atomic E-state index is -3.48. The minimum absolute atomic E-state index is 0.132. The molecule has 2 aromatic carbocycles. The number of hydrogen-bond acceptors (Lipinski definition) is 5. The Morgan fingerprint density at radius 3 is 2.56 bits per heavy atom. The van der Waals surface area contributed by atoms with Crippen molar-refractivity contribution in [2.24, 2.45) is 0 Å². The van der Waals surface area contributed by atoms with Crippen LogP contribution in [0.1, 0.15) is 24.0 Å². The summed E-state index contributed by atoms with van der Waals surface area (Å²) in [6.45, 7) is 4.97. The molecule has 168 valence electrons. The Balaban J connectivity index is 1.49. The van der Waals surface area contributed by atoms with Crippen molar-refractivity contribution in [3.63, 3.8) is 0 Å². The van der Waals surface area contributed by atoms with Crippen molar-refractivity contribution in [2.45, 2.75) is 36.6 Å². The number of carbonyl (C=O) groups is 1. The van der Waals surface area contributed by atoms with E-state index in [0.29, 0.717) is 33.6 Å². The fourth-order valence-corrected chi connectivity index (χ4v) is 6.29. The van der Waals surface area contributed by atoms with Crippen molar-refractivity contribution in [1.29, 1.82) is 0 Å². The Hall–Kier alpha value is -2.13. The van der Waals surface area contributed by atoms with Gasteiger partial charge in [0, 0.05) is 29.2 Å². The van der Waals surface area contributed by atoms with E-state index in [9.17, 15) is 13.2 Å². The molecule has 0 saturated carbocycles. The Morgan fingerprint density at radius 1 is 1.09 bits per heavy atom. The summed E-state index contributed by atoms with van der Waals surface area (Å²) in [6, 6.07) is 12.3. The maximum atomic E-state index is 12.9. The molecule has 2 heterocycles. The molecule has 1 aliphatic heterocycles. The van der Waals surface area contributed by atoms with Crippen molar-refractivity contribution in [3.8, 4) is 0 Å². The number of carbonyl (C=O) groups excluding carboxylic acids is 1. The second-order valence-corrected chi connectivity index (χ2v) is 11.2. The van der Waals surface area contributed by atoms with Crippen LogP contribution >= 0.6 is 23.4 Å². The molecule has 0 aliphatic carbocycles. The summed E-state index contributed by atoms with van der Waals surface area (Å²) in [5.74, 6) is 0.0774. The van der Waals surface area contributed by atoms with Gasteiger partial charge in [-0.3, -0.25) is 4.79 Å². The zero-order valence-electron chi connectivity index (χ0n) is 17.9. The summed E-state index contributed by atoms with van der Waals surface area (Å²) in [4.78, 5) is 17.3. The molecule has 0 radical (unpaired) electrons. The summed E-state index contributed by atoms with van der Waals surface area (Å²) in [6.07, 6.45) is 1.80. The van der Waals surface area contributed by atoms with Gasteiger partial charge in [0.2, 0.25) is 15.9 Å². The van der Waals surface area contributed by atoms with Crippen LogP contribution in [-0.4, -0.2) is 42.5 Å². The van der Waals surface area contributed by atoms with Gasteiger partial charge in [-0.1, -0.05) is 23.4 Å². The van der Waals surface area contributed by atoms with Gasteiger partial charge in [0.15, 0.2) is 0 Å². The summed E-state index contributed by atoms with van der Waals surface area (Å²) in [7, 11) is -3.48. The zero-order valence-corrected chi connectivity index (χ0v) is 20.3. The van der Waals surface area contributed by atoms with Crippen molar-refractivity contribution >= 4 is 55.9 Å². The van der Waals surface area contributed by atoms with Gasteiger partial charge in [0.25, 0.3) is 0 Å². The second kappa shape index (κ2) is 9.39. The van der Waals surface area contributed by atoms with Crippen LogP contribution in [0.3, 0.4) is 0 Å². The smallest absolute Gasteiger partial charge is 0.243 e. The highest BCUT2D eigenvalue weighted by molar-refractivity contribution is 7.99. The number of aryl methyl sites for hydroxylation is 2. The van der Waals surface area contributed by atoms with E-state index in [1.54, 1.807) is 40.7 Å². The average Bonchev–Trinajstić information content (AvgIpc) is 3.30. The summed E-state index contributed by atoms with van der Waals surface area (Å²) in [5.41, 5.74) is 3.26. The van der Waals surface area contributed by atoms with Gasteiger partial charge in [-0.15, -0.1) is 0 Å². The van der Waals surface area contributed by atoms with Crippen molar-refractivity contribution in [1.82, 2.24) is 9.29 Å². The van der Waals surface area contributed by atoms with E-state index >= 15 is 0 Å². The second-order valence-electron chi connectivity index (χ2n) is 7.86. The van der Waals surface area contributed by atoms with Gasteiger partial charge in [-0.05, 0) is 80.3 Å². The SMILES string of the molecule is Cc1cc(Cl)ccc1NC(=O)CSc1cc(C)c2cc(S(=O)(=O)N3CCCC3)ccc2n1. The monoisotopic (exact) mass is 489 g/mol. The molecule has 4 rings (SSSR count). The first-order chi connectivity index (χ1) is 15.2. The molecule has 32 heavy (non-hydrogen) atoms. The molecule has 9 heteroatoms. The van der Waals surface area contributed by atoms with Gasteiger partial charge in [-0.2, -0.15) is 4.31 Å². The quantitative estimate of drug-likeness (QED) is 0.492. The largest absolute Gasteiger partial charge is 0.325 e. The van der Waals surface area contributed by atoms with E-state index in [2.05, 4.69) is 10.3 Å². The molecule has 3 aromatic rings. The number of benzene rings is 2. The van der Waals surface area contributed by atoms with E-state index < -0.39 is 10.0 Å². The van der Waals surface area contributed by atoms with Crippen LogP contribution in [0.15, 0.2) is 52.4 Å². The molecule has 1 aliphatic rings. The van der Waals surface area contributed by atoms with Gasteiger partial charge >= 0.3 is 0 Å². The van der Waals surface area contributed by atoms with Crippen LogP contribution in [-0.2, 0) is 14.8 Å². The number of thioether (sulfide) groups is 1. The standard InChI is InChI=1S/C23H24ClN3O3S2/c1-15-12-23(31-14-22(28)25-20-7-5-17(24)11-16(20)2)26-21-8-6-18(13-19(15)21)32(29,30)27-9-3-4-10-27/h5-8,11-13H,3-4,9-10,14H2,1-2H3,(H,25,28). The molecular weight excluding hydrogens is 466 g/mol. The number of halogens is 1. The van der Waals surface area contributed by atoms with E-state index in [1.807, 2.05) is 19.9 Å². The lowest BCUT2D eigenvalue weighted by atomic mass is 10.1. The molecule has 0 unspecified atom stereocenters. The topological polar surface area (TPSA) is 79.4 Å². The molecule has 6 nitrogen and oxygen atoms in total. The number of aromatic nitrogens is 1. The first-order valence-corrected chi connectivity index (χ1v) is 13.1. The van der Waals surface area contributed by atoms with Gasteiger partial charge < -0.3 is 5.32 Å². The van der Waals surface area contributed by atoms with E-state index in [1.165, 1.54) is 11.8 Å². The number of amides is 1. The minimum Gasteiger partial charge on any atom is -0.325 e. The van der Waals surface area contributed by atoms with E-state index in [0.717, 1.165) is 35.0 Å². The highest BCUT2D eigenvalue weighted by atomic mass is 35.5. The summed E-state index contributed by atoms with van der Waals surface area (Å²) in [5, 5.41) is 5.04. The number of nitrogens with zero attached hydrogens (tertiary/aromatic N) is 2. The van der Waals surface area contributed by atoms with Crippen molar-refractivity contribution in [3.05, 3.63) is 58.6 Å². The van der Waals surface area contributed by atoms with E-state index in [4.69, 9.17) is 11.6 Å². The molecule has 1 fully saturated rings. The van der Waals surface area contributed by atoms with Gasteiger partial charge in [0.05, 0.1) is 21.2 Å². The highest BCUT2D eigenvalue weighted by Crippen LogP contribution is 2.28. The molecule has 0 spiro atoms. The van der Waals surface area contributed by atoms with Gasteiger partial charge in [-0.25, -0.2) is 13.4 Å². The van der Waals surface area contributed by atoms with Crippen LogP contribution in [0.4, 0.5) is 5.69 Å². The normalized spacial score (nSPS) is 14.7. The maximum Gasteiger partial charge on any atom is 0.243 e. The Labute approximate surface area is 197 Å². The molecule has 1 saturated heterocycles. The molecule has 0 bridgehead atoms. The number of pyridine rings is 1. The predicted octanol–water partition coefficient (Wildman–Crippen LogP) is 5.02. The number of anilines is 1. The highest BCUT2D eigenvalue weighted by Gasteiger charge is 2.27. The Bertz CT molecular complexity index is 1290. The average molecular weight is 490 g/mol. The van der Waals surface area contributed by atoms with Crippen molar-refractivity contribution < 1.29 is 13.2 Å². The number of sulfonamides is 1. The van der Waals surface area contributed by atoms with Crippen LogP contribution in [0, 0.1) is 13.8 Å². The maximum absolute atomic E-state index is 12.9. The number of nitrogens with one attached hydrogen (secondary N) is 1. The first kappa shape index (κ1) is 23.0. The molecule has 1 aromatic heterocycles. The number of rotatable bonds is 6. The fraction of sp³-hybridized carbons (Fsp3) is 0.304. The van der Waals surface area contributed by atoms with Gasteiger partial charge in [0.1, 0.15) is 0 Å². The van der Waals surface area contributed by atoms with Crippen LogP contribution in [0.5, 0.6) is 0 Å². The lowest BCUT2D eigenvalue weighted by Crippen LogP contribution is -2.27. The third-order valence-electron chi connectivity index (χ3n) is 5.48. The van der Waals surface area contributed by atoms with Crippen molar-refractivity contribution in [2.75, 3.05) is 24.2 Å². The number of fused-ring (bicyclic) bond motifs is 1. The summed E-state index contributed by atoms with van der Waals surface area (Å²) >= 11 is 7.30. The lowest BCUT2D eigenvalue weighted by Gasteiger charge is -2.16. The van der Waals surface area contributed by atoms with E-state index in [-0.39, 0.29) is 11.7 Å². The lowest BCUT2D eigenvalue weighted by molar-refractivity contribution is -0.113. The fourth-order valence-electron chi connectivity index (χ4n) is 3.75. The Morgan fingerprint density at radius 2 is 1.84 bits per heavy atom. The third kappa shape index (κ3) is 4.93. The first-order valence-electron chi connectivity index (χ1n) is 10.3. The van der Waals surface area contributed by atoms with Crippen LogP contribution in [0.25, 0.3) is 10.9 Å². The zero-order chi connectivity index (χ0) is 22.9. The summed E-state index contributed by atoms with van der Waals surface area (Å²) < 4.78 is 27.3. The third-order valence-corrected chi connectivity index (χ3v) is 8.52. The molecule has 0 atom stereocenters. The number of hydrogen-bond donors (Lipinski definition) is 1. The molecule has 1 amide bonds. The van der Waals surface area contributed by atoms with Crippen LogP contribution < -0.4 is 5.32 Å². The molecular formula is C23H24ClN3O3S2. The predicted molar refractivity (Wildman–Crippen MR) is 130 cm³/mol. The Kier molecular flexibility index (Phi) is 6.76. The van der Waals surface area contributed by atoms with Crippen LogP contribution in [0.2, 0.25) is 5.02 Å². The molecule has 1 N–H and O–H groups in total.